The van der Waals surface area contributed by atoms with E-state index in [0.717, 1.165) is 29.1 Å². The number of hydrogen-bond donors (Lipinski definition) is 0. The molecule has 0 aliphatic carbocycles. The van der Waals surface area contributed by atoms with E-state index in [1.165, 1.54) is 16.5 Å². The molecule has 4 aromatic rings. The summed E-state index contributed by atoms with van der Waals surface area (Å²) in [6.45, 7) is 2.83. The van der Waals surface area contributed by atoms with Gasteiger partial charge in [-0.1, -0.05) is 60.2 Å². The van der Waals surface area contributed by atoms with Crippen molar-refractivity contribution in [1.82, 2.24) is 9.78 Å². The van der Waals surface area contributed by atoms with Gasteiger partial charge < -0.3 is 4.74 Å². The zero-order valence-corrected chi connectivity index (χ0v) is 14.4. The van der Waals surface area contributed by atoms with Gasteiger partial charge in [0.25, 0.3) is 0 Å². The molecule has 3 nitrogen and oxygen atoms in total. The molecule has 3 heteroatoms. The minimum Gasteiger partial charge on any atom is -0.497 e. The molecule has 0 spiro atoms. The lowest BCUT2D eigenvalue weighted by Gasteiger charge is -2.05. The van der Waals surface area contributed by atoms with Crippen LogP contribution in [-0.2, 0) is 6.54 Å². The number of hydrogen-bond acceptors (Lipinski definition) is 2. The third kappa shape index (κ3) is 3.01. The third-order valence-corrected chi connectivity index (χ3v) is 4.47. The van der Waals surface area contributed by atoms with E-state index < -0.39 is 0 Å². The van der Waals surface area contributed by atoms with E-state index in [1.54, 1.807) is 7.11 Å². The Kier molecular flexibility index (Phi) is 3.98. The maximum atomic E-state index is 5.24. The second kappa shape index (κ2) is 6.44. The van der Waals surface area contributed by atoms with Crippen LogP contribution < -0.4 is 4.74 Å². The van der Waals surface area contributed by atoms with Gasteiger partial charge in [-0.15, -0.1) is 0 Å². The summed E-state index contributed by atoms with van der Waals surface area (Å²) in [5.41, 5.74) is 5.78. The molecule has 0 radical (unpaired) electrons. The van der Waals surface area contributed by atoms with Gasteiger partial charge in [0.1, 0.15) is 11.4 Å². The first-order valence-corrected chi connectivity index (χ1v) is 8.40. The highest BCUT2D eigenvalue weighted by Crippen LogP contribution is 2.28. The number of nitrogens with zero attached hydrogens (tertiary/aromatic N) is 2. The van der Waals surface area contributed by atoms with Crippen LogP contribution in [0.3, 0.4) is 0 Å². The molecule has 0 bridgehead atoms. The molecule has 25 heavy (non-hydrogen) atoms. The Balaban J connectivity index is 1.77. The molecule has 0 aliphatic heterocycles. The Morgan fingerprint density at radius 2 is 1.60 bits per heavy atom. The zero-order chi connectivity index (χ0) is 17.2. The van der Waals surface area contributed by atoms with E-state index in [1.807, 2.05) is 12.1 Å². The summed E-state index contributed by atoms with van der Waals surface area (Å²) in [5, 5.41) is 6.09. The topological polar surface area (TPSA) is 27.1 Å². The molecule has 0 amide bonds. The Morgan fingerprint density at radius 3 is 2.32 bits per heavy atom. The van der Waals surface area contributed by atoms with Gasteiger partial charge >= 0.3 is 0 Å². The van der Waals surface area contributed by atoms with Crippen LogP contribution in [0.1, 0.15) is 11.1 Å². The van der Waals surface area contributed by atoms with Gasteiger partial charge in [-0.25, -0.2) is 0 Å². The molecular formula is C22H20N2O. The molecule has 0 saturated heterocycles. The summed E-state index contributed by atoms with van der Waals surface area (Å²) >= 11 is 0. The molecule has 0 fully saturated rings. The number of ether oxygens (including phenoxy) is 1. The maximum Gasteiger partial charge on any atom is 0.118 e. The summed E-state index contributed by atoms with van der Waals surface area (Å²) in [4.78, 5) is 0. The average molecular weight is 328 g/mol. The van der Waals surface area contributed by atoms with E-state index in [2.05, 4.69) is 72.3 Å². The Labute approximate surface area is 147 Å². The second-order valence-corrected chi connectivity index (χ2v) is 6.24. The van der Waals surface area contributed by atoms with Crippen molar-refractivity contribution in [2.75, 3.05) is 7.11 Å². The van der Waals surface area contributed by atoms with Crippen molar-refractivity contribution in [2.45, 2.75) is 13.5 Å². The number of rotatable bonds is 4. The molecular weight excluding hydrogens is 308 g/mol. The first-order chi connectivity index (χ1) is 12.2. The molecule has 4 rings (SSSR count). The molecule has 0 unspecified atom stereocenters. The van der Waals surface area contributed by atoms with Gasteiger partial charge in [0, 0.05) is 10.9 Å². The second-order valence-electron chi connectivity index (χ2n) is 6.24. The predicted molar refractivity (Wildman–Crippen MR) is 102 cm³/mol. The number of benzene rings is 3. The van der Waals surface area contributed by atoms with Gasteiger partial charge in [0.15, 0.2) is 0 Å². The van der Waals surface area contributed by atoms with Crippen molar-refractivity contribution in [3.63, 3.8) is 0 Å². The van der Waals surface area contributed by atoms with Crippen molar-refractivity contribution in [2.24, 2.45) is 0 Å². The van der Waals surface area contributed by atoms with Crippen LogP contribution in [0.15, 0.2) is 72.8 Å². The first kappa shape index (κ1) is 15.5. The molecule has 124 valence electrons. The minimum absolute atomic E-state index is 0.733. The fraction of sp³-hybridized carbons (Fsp3) is 0.136. The minimum atomic E-state index is 0.733. The van der Waals surface area contributed by atoms with Crippen molar-refractivity contribution in [3.05, 3.63) is 83.9 Å². The molecule has 0 N–H and O–H groups in total. The van der Waals surface area contributed by atoms with Crippen LogP contribution in [0.25, 0.3) is 22.2 Å². The molecule has 0 saturated carbocycles. The Morgan fingerprint density at radius 1 is 0.880 bits per heavy atom. The first-order valence-electron chi connectivity index (χ1n) is 8.40. The van der Waals surface area contributed by atoms with Crippen LogP contribution >= 0.6 is 0 Å². The number of methoxy groups -OCH3 is 1. The van der Waals surface area contributed by atoms with Gasteiger partial charge in [-0.3, -0.25) is 4.68 Å². The predicted octanol–water partition coefficient (Wildman–Crippen LogP) is 5.07. The van der Waals surface area contributed by atoms with Crippen molar-refractivity contribution in [1.29, 1.82) is 0 Å². The molecule has 1 heterocycles. The lowest BCUT2D eigenvalue weighted by molar-refractivity contribution is 0.414. The van der Waals surface area contributed by atoms with Crippen molar-refractivity contribution in [3.8, 4) is 17.0 Å². The van der Waals surface area contributed by atoms with E-state index in [-0.39, 0.29) is 0 Å². The van der Waals surface area contributed by atoms with Crippen LogP contribution in [0.4, 0.5) is 0 Å². The molecule has 0 aliphatic rings. The number of para-hydroxylation sites is 1. The van der Waals surface area contributed by atoms with Gasteiger partial charge in [-0.05, 0) is 30.7 Å². The SMILES string of the molecule is COc1ccc(Cn2nc(-c3ccc(C)cc3)c3ccccc32)cc1. The lowest BCUT2D eigenvalue weighted by Crippen LogP contribution is -2.01. The van der Waals surface area contributed by atoms with Gasteiger partial charge in [0.05, 0.1) is 19.2 Å². The summed E-state index contributed by atoms with van der Waals surface area (Å²) in [6, 6.07) is 25.1. The molecule has 0 atom stereocenters. The van der Waals surface area contributed by atoms with Crippen molar-refractivity contribution >= 4 is 10.9 Å². The molecule has 1 aromatic heterocycles. The normalized spacial score (nSPS) is 11.0. The maximum absolute atomic E-state index is 5.24. The quantitative estimate of drug-likeness (QED) is 0.523. The summed E-state index contributed by atoms with van der Waals surface area (Å²) < 4.78 is 7.31. The largest absolute Gasteiger partial charge is 0.497 e. The van der Waals surface area contributed by atoms with E-state index >= 15 is 0 Å². The summed E-state index contributed by atoms with van der Waals surface area (Å²) in [6.07, 6.45) is 0. The number of aromatic nitrogens is 2. The summed E-state index contributed by atoms with van der Waals surface area (Å²) in [5.74, 6) is 0.870. The number of fused-ring (bicyclic) bond motifs is 1. The molecule has 3 aromatic carbocycles. The fourth-order valence-electron chi connectivity index (χ4n) is 3.08. The van der Waals surface area contributed by atoms with Crippen LogP contribution in [0.2, 0.25) is 0 Å². The third-order valence-electron chi connectivity index (χ3n) is 4.47. The Hall–Kier alpha value is -3.07. The average Bonchev–Trinajstić information content (AvgIpc) is 3.02. The fourth-order valence-corrected chi connectivity index (χ4v) is 3.08. The smallest absolute Gasteiger partial charge is 0.118 e. The van der Waals surface area contributed by atoms with E-state index in [4.69, 9.17) is 9.84 Å². The van der Waals surface area contributed by atoms with Gasteiger partial charge in [0.2, 0.25) is 0 Å². The van der Waals surface area contributed by atoms with Crippen molar-refractivity contribution < 1.29 is 4.74 Å². The van der Waals surface area contributed by atoms with Crippen LogP contribution in [-0.4, -0.2) is 16.9 Å². The highest BCUT2D eigenvalue weighted by molar-refractivity contribution is 5.93. The zero-order valence-electron chi connectivity index (χ0n) is 14.4. The van der Waals surface area contributed by atoms with Crippen LogP contribution in [0.5, 0.6) is 5.75 Å². The highest BCUT2D eigenvalue weighted by Gasteiger charge is 2.12. The van der Waals surface area contributed by atoms with Gasteiger partial charge in [-0.2, -0.15) is 5.10 Å². The lowest BCUT2D eigenvalue weighted by atomic mass is 10.1. The Bertz CT molecular complexity index is 999. The standard InChI is InChI=1S/C22H20N2O/c1-16-7-11-18(12-8-16)22-20-5-3-4-6-21(20)24(23-22)15-17-9-13-19(25-2)14-10-17/h3-14H,15H2,1-2H3. The number of aryl methyl sites for hydroxylation is 1. The van der Waals surface area contributed by atoms with E-state index in [0.29, 0.717) is 0 Å². The van der Waals surface area contributed by atoms with Crippen LogP contribution in [0, 0.1) is 6.92 Å². The van der Waals surface area contributed by atoms with E-state index in [9.17, 15) is 0 Å². The highest BCUT2D eigenvalue weighted by atomic mass is 16.5. The monoisotopic (exact) mass is 328 g/mol. The summed E-state index contributed by atoms with van der Waals surface area (Å²) in [7, 11) is 1.68.